The molecule has 14 heavy (non-hydrogen) atoms. The Hall–Kier alpha value is -1.03. The normalized spacial score (nSPS) is 18.9. The zero-order chi connectivity index (χ0) is 10.6. The van der Waals surface area contributed by atoms with Crippen LogP contribution in [0.1, 0.15) is 0 Å². The molecule has 0 radical (unpaired) electrons. The maximum Gasteiger partial charge on any atom is 0.162 e. The van der Waals surface area contributed by atoms with E-state index in [0.29, 0.717) is 19.0 Å². The van der Waals surface area contributed by atoms with E-state index in [-0.39, 0.29) is 5.83 Å². The first-order chi connectivity index (χ1) is 6.66. The SMILES string of the molecule is C=C/C(F)=C(\N(C)C)N1CCOCC1. The number of allylic oxidation sites excluding steroid dienone is 2. The first-order valence-electron chi connectivity index (χ1n) is 4.69. The predicted molar refractivity (Wildman–Crippen MR) is 54.4 cm³/mol. The molecule has 80 valence electrons. The van der Waals surface area contributed by atoms with Crippen LogP contribution in [-0.4, -0.2) is 50.2 Å². The van der Waals surface area contributed by atoms with Gasteiger partial charge in [-0.25, -0.2) is 4.39 Å². The third-order valence-corrected chi connectivity index (χ3v) is 2.13. The van der Waals surface area contributed by atoms with Gasteiger partial charge in [-0.1, -0.05) is 6.58 Å². The van der Waals surface area contributed by atoms with Crippen LogP contribution in [0.25, 0.3) is 0 Å². The minimum atomic E-state index is -0.281. The van der Waals surface area contributed by atoms with Crippen molar-refractivity contribution < 1.29 is 9.13 Å². The summed E-state index contributed by atoms with van der Waals surface area (Å²) in [5, 5.41) is 0. The fourth-order valence-corrected chi connectivity index (χ4v) is 1.51. The molecule has 4 heteroatoms. The molecule has 1 aliphatic heterocycles. The summed E-state index contributed by atoms with van der Waals surface area (Å²) >= 11 is 0. The van der Waals surface area contributed by atoms with Crippen molar-refractivity contribution in [2.75, 3.05) is 40.4 Å². The lowest BCUT2D eigenvalue weighted by atomic mass is 10.3. The summed E-state index contributed by atoms with van der Waals surface area (Å²) in [6.07, 6.45) is 1.24. The van der Waals surface area contributed by atoms with E-state index in [1.54, 1.807) is 4.90 Å². The molecular weight excluding hydrogens is 183 g/mol. The lowest BCUT2D eigenvalue weighted by molar-refractivity contribution is 0.0405. The molecule has 0 amide bonds. The van der Waals surface area contributed by atoms with Crippen LogP contribution in [0.4, 0.5) is 4.39 Å². The van der Waals surface area contributed by atoms with E-state index >= 15 is 0 Å². The summed E-state index contributed by atoms with van der Waals surface area (Å²) in [5.41, 5.74) is 0. The van der Waals surface area contributed by atoms with E-state index in [2.05, 4.69) is 6.58 Å². The molecule has 0 N–H and O–H groups in total. The average Bonchev–Trinajstić information content (AvgIpc) is 2.19. The topological polar surface area (TPSA) is 15.7 Å². The van der Waals surface area contributed by atoms with Gasteiger partial charge in [-0.05, 0) is 6.08 Å². The molecule has 1 heterocycles. The second kappa shape index (κ2) is 5.00. The van der Waals surface area contributed by atoms with Gasteiger partial charge in [0, 0.05) is 27.2 Å². The highest BCUT2D eigenvalue weighted by molar-refractivity contribution is 5.15. The molecule has 3 nitrogen and oxygen atoms in total. The molecule has 1 saturated heterocycles. The molecule has 1 rings (SSSR count). The molecule has 0 spiro atoms. The van der Waals surface area contributed by atoms with E-state index in [1.807, 2.05) is 19.0 Å². The van der Waals surface area contributed by atoms with Gasteiger partial charge in [-0.2, -0.15) is 0 Å². The standard InChI is InChI=1S/C10H17FN2O/c1-4-9(11)10(12(2)3)13-5-7-14-8-6-13/h4H,1,5-8H2,2-3H3/b10-9-. The van der Waals surface area contributed by atoms with Crippen molar-refractivity contribution in [1.29, 1.82) is 0 Å². The van der Waals surface area contributed by atoms with E-state index in [0.717, 1.165) is 13.1 Å². The largest absolute Gasteiger partial charge is 0.378 e. The van der Waals surface area contributed by atoms with Gasteiger partial charge in [0.25, 0.3) is 0 Å². The van der Waals surface area contributed by atoms with Crippen LogP contribution in [0.3, 0.4) is 0 Å². The molecule has 1 fully saturated rings. The summed E-state index contributed by atoms with van der Waals surface area (Å²) in [4.78, 5) is 3.74. The Morgan fingerprint density at radius 1 is 1.43 bits per heavy atom. The first kappa shape index (κ1) is 11.0. The molecule has 1 aliphatic rings. The van der Waals surface area contributed by atoms with Crippen LogP contribution in [0.5, 0.6) is 0 Å². The van der Waals surface area contributed by atoms with Crippen molar-refractivity contribution in [2.24, 2.45) is 0 Å². The molecular formula is C10H17FN2O. The van der Waals surface area contributed by atoms with Gasteiger partial charge in [0.2, 0.25) is 0 Å². The summed E-state index contributed by atoms with van der Waals surface area (Å²) in [5.74, 6) is 0.306. The quantitative estimate of drug-likeness (QED) is 0.637. The van der Waals surface area contributed by atoms with E-state index < -0.39 is 0 Å². The number of halogens is 1. The Kier molecular flexibility index (Phi) is 3.95. The Morgan fingerprint density at radius 3 is 2.43 bits per heavy atom. The van der Waals surface area contributed by atoms with E-state index in [4.69, 9.17) is 4.74 Å². The highest BCUT2D eigenvalue weighted by Gasteiger charge is 2.18. The molecule has 0 aromatic carbocycles. The van der Waals surface area contributed by atoms with Crippen LogP contribution in [0.15, 0.2) is 24.3 Å². The zero-order valence-electron chi connectivity index (χ0n) is 8.79. The van der Waals surface area contributed by atoms with Crippen LogP contribution in [-0.2, 0) is 4.74 Å². The molecule has 0 unspecified atom stereocenters. The lowest BCUT2D eigenvalue weighted by Crippen LogP contribution is -2.40. The zero-order valence-corrected chi connectivity index (χ0v) is 8.79. The van der Waals surface area contributed by atoms with Crippen molar-refractivity contribution in [3.05, 3.63) is 24.3 Å². The van der Waals surface area contributed by atoms with Crippen molar-refractivity contribution in [1.82, 2.24) is 9.80 Å². The number of morpholine rings is 1. The molecule has 0 aromatic heterocycles. The van der Waals surface area contributed by atoms with Crippen molar-refractivity contribution in [2.45, 2.75) is 0 Å². The third kappa shape index (κ3) is 2.48. The number of nitrogens with zero attached hydrogens (tertiary/aromatic N) is 2. The third-order valence-electron chi connectivity index (χ3n) is 2.13. The summed E-state index contributed by atoms with van der Waals surface area (Å²) < 4.78 is 18.7. The van der Waals surface area contributed by atoms with Gasteiger partial charge in [-0.15, -0.1) is 0 Å². The monoisotopic (exact) mass is 200 g/mol. The molecule has 0 bridgehead atoms. The Morgan fingerprint density at radius 2 is 2.00 bits per heavy atom. The fourth-order valence-electron chi connectivity index (χ4n) is 1.51. The smallest absolute Gasteiger partial charge is 0.162 e. The Labute approximate surface area is 84.4 Å². The van der Waals surface area contributed by atoms with Gasteiger partial charge in [0.1, 0.15) is 5.82 Å². The van der Waals surface area contributed by atoms with Crippen LogP contribution in [0, 0.1) is 0 Å². The number of hydrogen-bond acceptors (Lipinski definition) is 3. The maximum absolute atomic E-state index is 13.5. The fraction of sp³-hybridized carbons (Fsp3) is 0.600. The van der Waals surface area contributed by atoms with Gasteiger partial charge in [-0.3, -0.25) is 0 Å². The second-order valence-corrected chi connectivity index (χ2v) is 3.37. The Balaban J connectivity index is 2.81. The average molecular weight is 200 g/mol. The van der Waals surface area contributed by atoms with Gasteiger partial charge >= 0.3 is 0 Å². The molecule has 0 aromatic rings. The molecule has 0 saturated carbocycles. The highest BCUT2D eigenvalue weighted by Crippen LogP contribution is 2.16. The summed E-state index contributed by atoms with van der Waals surface area (Å²) in [6.45, 7) is 6.21. The van der Waals surface area contributed by atoms with Crippen molar-refractivity contribution in [3.8, 4) is 0 Å². The lowest BCUT2D eigenvalue weighted by Gasteiger charge is -2.34. The summed E-state index contributed by atoms with van der Waals surface area (Å²) in [7, 11) is 3.65. The minimum absolute atomic E-state index is 0.281. The number of hydrogen-bond donors (Lipinski definition) is 0. The van der Waals surface area contributed by atoms with Crippen LogP contribution in [0.2, 0.25) is 0 Å². The first-order valence-corrected chi connectivity index (χ1v) is 4.69. The highest BCUT2D eigenvalue weighted by atomic mass is 19.1. The maximum atomic E-state index is 13.5. The van der Waals surface area contributed by atoms with Crippen LogP contribution < -0.4 is 0 Å². The number of ether oxygens (including phenoxy) is 1. The Bertz CT molecular complexity index is 232. The molecule has 0 aliphatic carbocycles. The molecule has 0 atom stereocenters. The van der Waals surface area contributed by atoms with E-state index in [9.17, 15) is 4.39 Å². The van der Waals surface area contributed by atoms with Crippen LogP contribution >= 0.6 is 0 Å². The summed E-state index contributed by atoms with van der Waals surface area (Å²) in [6, 6.07) is 0. The van der Waals surface area contributed by atoms with E-state index in [1.165, 1.54) is 6.08 Å². The number of rotatable bonds is 3. The van der Waals surface area contributed by atoms with Crippen molar-refractivity contribution in [3.63, 3.8) is 0 Å². The van der Waals surface area contributed by atoms with Gasteiger partial charge in [0.15, 0.2) is 5.83 Å². The minimum Gasteiger partial charge on any atom is -0.378 e. The van der Waals surface area contributed by atoms with Gasteiger partial charge in [0.05, 0.1) is 13.2 Å². The second-order valence-electron chi connectivity index (χ2n) is 3.37. The van der Waals surface area contributed by atoms with Crippen molar-refractivity contribution >= 4 is 0 Å². The van der Waals surface area contributed by atoms with Gasteiger partial charge < -0.3 is 14.5 Å². The predicted octanol–water partition coefficient (Wildman–Crippen LogP) is 1.20.